The number of aliphatic hydroxyl groups excluding tert-OH is 1. The Bertz CT molecular complexity index is 701. The highest BCUT2D eigenvalue weighted by Gasteiger charge is 2.58. The van der Waals surface area contributed by atoms with Crippen LogP contribution in [0.5, 0.6) is 0 Å². The predicted molar refractivity (Wildman–Crippen MR) is 70.7 cm³/mol. The van der Waals surface area contributed by atoms with Crippen molar-refractivity contribution in [2.24, 2.45) is 0 Å². The second-order valence-corrected chi connectivity index (χ2v) is 5.28. The fraction of sp³-hybridized carbons (Fsp3) is 0.545. The average molecular weight is 296 g/mol. The molecule has 0 unspecified atom stereocenters. The number of aromatic nitrogens is 4. The van der Waals surface area contributed by atoms with E-state index in [-0.39, 0.29) is 36.1 Å². The molecule has 1 saturated heterocycles. The van der Waals surface area contributed by atoms with Crippen molar-refractivity contribution in [3.8, 4) is 0 Å². The number of nitrogens with two attached hydrogens (primary N) is 2. The van der Waals surface area contributed by atoms with Gasteiger partial charge in [0.2, 0.25) is 11.7 Å². The van der Waals surface area contributed by atoms with Crippen LogP contribution in [0.3, 0.4) is 0 Å². The third-order valence-corrected chi connectivity index (χ3v) is 3.65. The Morgan fingerprint density at radius 3 is 2.81 bits per heavy atom. The number of ether oxygens (including phenoxy) is 1. The molecule has 2 aromatic heterocycles. The number of imidazole rings is 1. The third kappa shape index (κ3) is 1.84. The molecule has 3 atom stereocenters. The maximum Gasteiger partial charge on any atom is 0.241 e. The number of aliphatic hydroxyl groups is 3. The molecule has 0 bridgehead atoms. The quantitative estimate of drug-likeness (QED) is 0.420. The van der Waals surface area contributed by atoms with E-state index >= 15 is 0 Å². The molecule has 1 fully saturated rings. The van der Waals surface area contributed by atoms with Crippen LogP contribution in [0.4, 0.5) is 11.8 Å². The number of rotatable bonds is 2. The van der Waals surface area contributed by atoms with Crippen molar-refractivity contribution in [3.05, 3.63) is 11.9 Å². The van der Waals surface area contributed by atoms with Crippen LogP contribution in [0.2, 0.25) is 0 Å². The van der Waals surface area contributed by atoms with E-state index in [0.29, 0.717) is 0 Å². The molecular weight excluding hydrogens is 280 g/mol. The second kappa shape index (κ2) is 4.24. The fourth-order valence-electron chi connectivity index (χ4n) is 2.58. The molecule has 10 heteroatoms. The van der Waals surface area contributed by atoms with Gasteiger partial charge in [-0.3, -0.25) is 0 Å². The average Bonchev–Trinajstić information content (AvgIpc) is 2.90. The Kier molecular flexibility index (Phi) is 2.82. The Labute approximate surface area is 119 Å². The van der Waals surface area contributed by atoms with E-state index in [4.69, 9.17) is 16.2 Å². The lowest BCUT2D eigenvalue weighted by molar-refractivity contribution is -0.272. The summed E-state index contributed by atoms with van der Waals surface area (Å²) in [6.45, 7) is 1.06. The Balaban J connectivity index is 2.20. The summed E-state index contributed by atoms with van der Waals surface area (Å²) in [6, 6.07) is 0. The molecule has 3 heterocycles. The SMILES string of the molecule is C[C@@]1(O)C[C@@H](CO)O[C@@]1(O)c1cnc2c(N)nc(N)nn12. The zero-order chi connectivity index (χ0) is 15.4. The van der Waals surface area contributed by atoms with Gasteiger partial charge in [-0.1, -0.05) is 0 Å². The molecule has 1 aliphatic rings. The van der Waals surface area contributed by atoms with Crippen molar-refractivity contribution < 1.29 is 20.1 Å². The van der Waals surface area contributed by atoms with Gasteiger partial charge >= 0.3 is 0 Å². The Hall–Kier alpha value is -2.01. The molecule has 7 N–H and O–H groups in total. The molecule has 0 amide bonds. The van der Waals surface area contributed by atoms with Crippen LogP contribution in [-0.4, -0.2) is 53.2 Å². The molecule has 0 aromatic carbocycles. The number of nitrogen functional groups attached to an aromatic ring is 2. The number of anilines is 2. The summed E-state index contributed by atoms with van der Waals surface area (Å²) >= 11 is 0. The summed E-state index contributed by atoms with van der Waals surface area (Å²) in [5.74, 6) is -2.18. The van der Waals surface area contributed by atoms with Crippen molar-refractivity contribution in [3.63, 3.8) is 0 Å². The van der Waals surface area contributed by atoms with Crippen LogP contribution in [0.15, 0.2) is 6.20 Å². The predicted octanol–water partition coefficient (Wildman–Crippen LogP) is -2.03. The maximum atomic E-state index is 10.8. The first-order valence-electron chi connectivity index (χ1n) is 6.29. The smallest absolute Gasteiger partial charge is 0.241 e. The van der Waals surface area contributed by atoms with Gasteiger partial charge in [0.05, 0.1) is 18.9 Å². The number of hydrogen-bond acceptors (Lipinski definition) is 9. The van der Waals surface area contributed by atoms with E-state index in [0.717, 1.165) is 0 Å². The highest BCUT2D eigenvalue weighted by molar-refractivity contribution is 5.61. The summed E-state index contributed by atoms with van der Waals surface area (Å²) in [5, 5.41) is 34.4. The lowest BCUT2D eigenvalue weighted by atomic mass is 9.91. The van der Waals surface area contributed by atoms with E-state index in [2.05, 4.69) is 15.1 Å². The minimum absolute atomic E-state index is 0.0358. The van der Waals surface area contributed by atoms with E-state index in [1.54, 1.807) is 0 Å². The van der Waals surface area contributed by atoms with Gasteiger partial charge in [-0.2, -0.15) is 4.98 Å². The zero-order valence-corrected chi connectivity index (χ0v) is 11.3. The first-order chi connectivity index (χ1) is 9.78. The molecule has 0 saturated carbocycles. The number of hydrogen-bond donors (Lipinski definition) is 5. The molecule has 0 radical (unpaired) electrons. The lowest BCUT2D eigenvalue weighted by Crippen LogP contribution is -2.47. The molecule has 10 nitrogen and oxygen atoms in total. The highest BCUT2D eigenvalue weighted by Crippen LogP contribution is 2.44. The standard InChI is InChI=1S/C11H16N6O4/c1-10(19)2-5(4-18)21-11(10,20)6-3-14-8-7(12)15-9(13)16-17(6)8/h3,5,18-20H,2,4H2,1H3,(H4,12,13,15,16)/t5-,10+,11-/m0/s1. The first-order valence-corrected chi connectivity index (χ1v) is 6.29. The molecule has 114 valence electrons. The lowest BCUT2D eigenvalue weighted by Gasteiger charge is -2.32. The third-order valence-electron chi connectivity index (χ3n) is 3.65. The largest absolute Gasteiger partial charge is 0.394 e. The molecular formula is C11H16N6O4. The van der Waals surface area contributed by atoms with Crippen LogP contribution >= 0.6 is 0 Å². The number of nitrogens with zero attached hydrogens (tertiary/aromatic N) is 4. The molecule has 2 aromatic rings. The summed E-state index contributed by atoms with van der Waals surface area (Å²) < 4.78 is 6.57. The summed E-state index contributed by atoms with van der Waals surface area (Å²) in [6.07, 6.45) is 0.601. The molecule has 3 rings (SSSR count). The van der Waals surface area contributed by atoms with Crippen LogP contribution in [0.25, 0.3) is 5.65 Å². The van der Waals surface area contributed by atoms with Gasteiger partial charge in [-0.25, -0.2) is 9.50 Å². The summed E-state index contributed by atoms with van der Waals surface area (Å²) in [4.78, 5) is 7.78. The second-order valence-electron chi connectivity index (χ2n) is 5.28. The van der Waals surface area contributed by atoms with Gasteiger partial charge < -0.3 is 31.5 Å². The van der Waals surface area contributed by atoms with Crippen molar-refractivity contribution >= 4 is 17.4 Å². The maximum absolute atomic E-state index is 10.8. The minimum Gasteiger partial charge on any atom is -0.394 e. The number of fused-ring (bicyclic) bond motifs is 1. The van der Waals surface area contributed by atoms with Gasteiger partial charge in [-0.15, -0.1) is 5.10 Å². The molecule has 21 heavy (non-hydrogen) atoms. The van der Waals surface area contributed by atoms with Crippen molar-refractivity contribution in [1.82, 2.24) is 19.6 Å². The topological polar surface area (TPSA) is 165 Å². The first kappa shape index (κ1) is 13.9. The van der Waals surface area contributed by atoms with Crippen molar-refractivity contribution in [1.29, 1.82) is 0 Å². The molecule has 0 aliphatic carbocycles. The van der Waals surface area contributed by atoms with Crippen LogP contribution < -0.4 is 11.5 Å². The van der Waals surface area contributed by atoms with Crippen LogP contribution in [0, 0.1) is 0 Å². The minimum atomic E-state index is -2.10. The van der Waals surface area contributed by atoms with Crippen LogP contribution in [-0.2, 0) is 10.5 Å². The van der Waals surface area contributed by atoms with Gasteiger partial charge in [0.15, 0.2) is 11.5 Å². The zero-order valence-electron chi connectivity index (χ0n) is 11.3. The van der Waals surface area contributed by atoms with Gasteiger partial charge in [0, 0.05) is 6.42 Å². The highest BCUT2D eigenvalue weighted by atomic mass is 16.7. The van der Waals surface area contributed by atoms with Gasteiger partial charge in [0.25, 0.3) is 0 Å². The summed E-state index contributed by atoms with van der Waals surface area (Å²) in [5.41, 5.74) is 9.82. The van der Waals surface area contributed by atoms with E-state index in [1.165, 1.54) is 17.6 Å². The van der Waals surface area contributed by atoms with Gasteiger partial charge in [0.1, 0.15) is 11.3 Å². The molecule has 0 spiro atoms. The normalized spacial score (nSPS) is 32.9. The van der Waals surface area contributed by atoms with Gasteiger partial charge in [-0.05, 0) is 6.92 Å². The van der Waals surface area contributed by atoms with Crippen LogP contribution in [0.1, 0.15) is 19.0 Å². The van der Waals surface area contributed by atoms with Crippen molar-refractivity contribution in [2.45, 2.75) is 30.8 Å². The van der Waals surface area contributed by atoms with Crippen molar-refractivity contribution in [2.75, 3.05) is 18.1 Å². The Morgan fingerprint density at radius 2 is 2.19 bits per heavy atom. The van der Waals surface area contributed by atoms with E-state index in [9.17, 15) is 15.3 Å². The van der Waals surface area contributed by atoms with E-state index < -0.39 is 17.5 Å². The molecule has 1 aliphatic heterocycles. The fourth-order valence-corrected chi connectivity index (χ4v) is 2.58. The Morgan fingerprint density at radius 1 is 1.48 bits per heavy atom. The van der Waals surface area contributed by atoms with E-state index in [1.807, 2.05) is 0 Å². The monoisotopic (exact) mass is 296 g/mol. The summed E-state index contributed by atoms with van der Waals surface area (Å²) in [7, 11) is 0.